The molecule has 4 aromatic rings. The van der Waals surface area contributed by atoms with Crippen LogP contribution in [-0.2, 0) is 6.16 Å². The first-order chi connectivity index (χ1) is 14.3. The molecule has 2 heterocycles. The second-order valence-corrected chi connectivity index (χ2v) is 12.5. The Labute approximate surface area is 184 Å². The van der Waals surface area contributed by atoms with Crippen LogP contribution in [0.2, 0.25) is 0 Å². The zero-order chi connectivity index (χ0) is 21.2. The van der Waals surface area contributed by atoms with Gasteiger partial charge in [0.1, 0.15) is 0 Å². The fraction of sp³-hybridized carbons (Fsp3) is 0.370. The van der Waals surface area contributed by atoms with E-state index in [-0.39, 0.29) is 18.6 Å². The molecule has 0 bridgehead atoms. The highest BCUT2D eigenvalue weighted by molar-refractivity contribution is 7.54. The summed E-state index contributed by atoms with van der Waals surface area (Å²) in [6.07, 6.45) is 2.30. The Balaban J connectivity index is 2.00. The molecule has 30 heavy (non-hydrogen) atoms. The Morgan fingerprint density at radius 2 is 1.87 bits per heavy atom. The van der Waals surface area contributed by atoms with E-state index in [0.29, 0.717) is 5.92 Å². The number of hydrogen-bond donors (Lipinski definition) is 0. The maximum Gasteiger partial charge on any atom is 0.225 e. The second-order valence-electron chi connectivity index (χ2n) is 9.41. The quantitative estimate of drug-likeness (QED) is 0.176. The third-order valence-corrected chi connectivity index (χ3v) is 9.74. The van der Waals surface area contributed by atoms with E-state index in [4.69, 9.17) is 11.6 Å². The first-order valence-electron chi connectivity index (χ1n) is 11.1. The topological polar surface area (TPSA) is 3.01 Å². The van der Waals surface area contributed by atoms with Crippen molar-refractivity contribution in [1.29, 1.82) is 0 Å². The van der Waals surface area contributed by atoms with Crippen LogP contribution < -0.4 is 9.93 Å². The highest BCUT2D eigenvalue weighted by atomic mass is 35.5. The lowest BCUT2D eigenvalue weighted by Crippen LogP contribution is -2.54. The van der Waals surface area contributed by atoms with Gasteiger partial charge in [0.2, 0.25) is 10.9 Å². The third kappa shape index (κ3) is 2.86. The van der Waals surface area contributed by atoms with Crippen molar-refractivity contribution in [3.8, 4) is 0 Å². The predicted molar refractivity (Wildman–Crippen MR) is 133 cm³/mol. The number of halogens is 1. The molecule has 0 amide bonds. The van der Waals surface area contributed by atoms with Gasteiger partial charge in [-0.15, -0.1) is 7.53 Å². The average Bonchev–Trinajstić information content (AvgIpc) is 3.02. The molecule has 0 spiro atoms. The summed E-state index contributed by atoms with van der Waals surface area (Å²) in [6.45, 7) is 11.4. The Bertz CT molecular complexity index is 1420. The van der Waals surface area contributed by atoms with Crippen LogP contribution in [0.3, 0.4) is 0 Å². The fourth-order valence-corrected chi connectivity index (χ4v) is 8.90. The van der Waals surface area contributed by atoms with Gasteiger partial charge in [-0.1, -0.05) is 50.2 Å². The average molecular weight is 435 g/mol. The molecular weight excluding hydrogens is 405 g/mol. The number of rotatable bonds is 2. The highest BCUT2D eigenvalue weighted by Crippen LogP contribution is 2.47. The van der Waals surface area contributed by atoms with Gasteiger partial charge in [-0.25, -0.2) is 4.58 Å². The predicted octanol–water partition coefficient (Wildman–Crippen LogP) is 7.37. The Morgan fingerprint density at radius 3 is 2.57 bits per heavy atom. The molecule has 0 radical (unpaired) electrons. The Kier molecular flexibility index (Phi) is 4.77. The summed E-state index contributed by atoms with van der Waals surface area (Å²) in [5, 5.41) is 8.56. The van der Waals surface area contributed by atoms with Crippen molar-refractivity contribution in [1.82, 2.24) is 4.58 Å². The third-order valence-electron chi connectivity index (χ3n) is 6.92. The number of nitrogens with zero attached hydrogens (tertiary/aromatic N) is 1. The fourth-order valence-electron chi connectivity index (χ4n) is 5.92. The molecular formula is C27H30ClNP+. The Hall–Kier alpha value is -1.82. The van der Waals surface area contributed by atoms with E-state index in [1.807, 2.05) is 0 Å². The minimum absolute atomic E-state index is 0.0259. The van der Waals surface area contributed by atoms with E-state index >= 15 is 0 Å². The van der Waals surface area contributed by atoms with Gasteiger partial charge in [0.25, 0.3) is 0 Å². The van der Waals surface area contributed by atoms with Gasteiger partial charge in [-0.05, 0) is 65.7 Å². The molecule has 3 heteroatoms. The van der Waals surface area contributed by atoms with E-state index in [2.05, 4.69) is 93.8 Å². The summed E-state index contributed by atoms with van der Waals surface area (Å²) in [5.74, 6) is 0.523. The van der Waals surface area contributed by atoms with Gasteiger partial charge in [-0.3, -0.25) is 0 Å². The van der Waals surface area contributed by atoms with Gasteiger partial charge in [0.05, 0.1) is 0 Å². The minimum Gasteiger partial charge on any atom is -0.208 e. The van der Waals surface area contributed by atoms with Crippen LogP contribution in [0.4, 0.5) is 0 Å². The molecule has 0 fully saturated rings. The van der Waals surface area contributed by atoms with Gasteiger partial charge in [0.15, 0.2) is 5.54 Å². The molecule has 1 aliphatic heterocycles. The van der Waals surface area contributed by atoms with Crippen molar-refractivity contribution < 1.29 is 0 Å². The summed E-state index contributed by atoms with van der Waals surface area (Å²) in [4.78, 5) is 1.56. The molecule has 3 unspecified atom stereocenters. The van der Waals surface area contributed by atoms with E-state index < -0.39 is 0 Å². The molecule has 0 saturated heterocycles. The number of aryl methyl sites for hydroxylation is 1. The van der Waals surface area contributed by atoms with Crippen molar-refractivity contribution in [2.24, 2.45) is 0 Å². The summed E-state index contributed by atoms with van der Waals surface area (Å²) >= 11 is 6.67. The monoisotopic (exact) mass is 434 g/mol. The van der Waals surface area contributed by atoms with Gasteiger partial charge in [0, 0.05) is 40.4 Å². The SMILES string of the molecule is CCp1c(=c2ccc3c(c2)C(C)CC(C)(C)[N+]=3C(C)Cl)c2cccc3cccc1c32. The first kappa shape index (κ1) is 20.1. The van der Waals surface area contributed by atoms with Crippen molar-refractivity contribution in [3.63, 3.8) is 0 Å². The van der Waals surface area contributed by atoms with Crippen LogP contribution in [0.1, 0.15) is 52.5 Å². The molecule has 154 valence electrons. The zero-order valence-corrected chi connectivity index (χ0v) is 20.2. The summed E-state index contributed by atoms with van der Waals surface area (Å²) < 4.78 is 2.41. The van der Waals surface area contributed by atoms with Crippen LogP contribution >= 0.6 is 19.1 Å². The Morgan fingerprint density at radius 1 is 1.13 bits per heavy atom. The molecule has 0 saturated carbocycles. The number of fused-ring (bicyclic) bond motifs is 1. The molecule has 5 rings (SSSR count). The normalized spacial score (nSPS) is 21.2. The number of hydrogen-bond acceptors (Lipinski definition) is 0. The van der Waals surface area contributed by atoms with Crippen LogP contribution in [0, 0.1) is 10.2 Å². The van der Waals surface area contributed by atoms with Crippen LogP contribution in [-0.4, -0.2) is 11.0 Å². The van der Waals surface area contributed by atoms with Crippen molar-refractivity contribution in [2.45, 2.75) is 64.2 Å². The van der Waals surface area contributed by atoms with Crippen LogP contribution in [0.15, 0.2) is 54.6 Å². The molecule has 1 nitrogen and oxygen atoms in total. The van der Waals surface area contributed by atoms with Gasteiger partial charge >= 0.3 is 0 Å². The lowest BCUT2D eigenvalue weighted by Gasteiger charge is -2.32. The molecule has 1 aliphatic rings. The van der Waals surface area contributed by atoms with E-state index in [1.54, 1.807) is 10.1 Å². The summed E-state index contributed by atoms with van der Waals surface area (Å²) in [6, 6.07) is 20.8. The minimum atomic E-state index is -0.321. The molecule has 3 aromatic carbocycles. The maximum atomic E-state index is 6.67. The van der Waals surface area contributed by atoms with E-state index in [1.165, 1.54) is 38.5 Å². The van der Waals surface area contributed by atoms with Crippen LogP contribution in [0.25, 0.3) is 21.3 Å². The number of benzene rings is 3. The van der Waals surface area contributed by atoms with E-state index in [0.717, 1.165) is 6.42 Å². The second kappa shape index (κ2) is 7.11. The molecule has 0 N–H and O–H groups in total. The summed E-state index contributed by atoms with van der Waals surface area (Å²) in [5.41, 5.74) is 1.48. The van der Waals surface area contributed by atoms with E-state index in [9.17, 15) is 0 Å². The maximum absolute atomic E-state index is 6.67. The van der Waals surface area contributed by atoms with Gasteiger partial charge in [-0.2, -0.15) is 0 Å². The van der Waals surface area contributed by atoms with Gasteiger partial charge < -0.3 is 0 Å². The van der Waals surface area contributed by atoms with Crippen molar-refractivity contribution in [2.75, 3.05) is 0 Å². The van der Waals surface area contributed by atoms with Crippen molar-refractivity contribution >= 4 is 40.4 Å². The largest absolute Gasteiger partial charge is 0.225 e. The first-order valence-corrected chi connectivity index (χ1v) is 13.0. The van der Waals surface area contributed by atoms with Crippen molar-refractivity contribution in [3.05, 3.63) is 75.7 Å². The van der Waals surface area contributed by atoms with Crippen LogP contribution in [0.5, 0.6) is 0 Å². The molecule has 1 aromatic heterocycles. The number of alkyl halides is 1. The zero-order valence-electron chi connectivity index (χ0n) is 18.5. The lowest BCUT2D eigenvalue weighted by molar-refractivity contribution is 0.260. The lowest BCUT2D eigenvalue weighted by atomic mass is 9.82. The molecule has 3 atom stereocenters. The molecule has 0 aliphatic carbocycles. The highest BCUT2D eigenvalue weighted by Gasteiger charge is 2.40. The smallest absolute Gasteiger partial charge is 0.208 e. The standard InChI is InChI=1S/C27H30ClNP/c1-6-30-24-12-8-10-19-9-7-11-21(25(19)24)26(30)20-13-14-23-22(15-20)17(2)16-27(4,5)29(23)18(3)28/h7-15,17-18H,6,16H2,1-5H3/q+1. The summed E-state index contributed by atoms with van der Waals surface area (Å²) in [7, 11) is -0.321.